The van der Waals surface area contributed by atoms with Crippen LogP contribution in [0.3, 0.4) is 0 Å². The van der Waals surface area contributed by atoms with E-state index in [0.717, 1.165) is 43.6 Å². The lowest BCUT2D eigenvalue weighted by Gasteiger charge is -2.25. The topological polar surface area (TPSA) is 57.3 Å². The predicted octanol–water partition coefficient (Wildman–Crippen LogP) is 2.47. The molecular formula is C18H25N5O. The normalized spacial score (nSPS) is 20.5. The molecule has 1 aromatic carbocycles. The van der Waals surface area contributed by atoms with Gasteiger partial charge < -0.3 is 9.64 Å². The second-order valence-electron chi connectivity index (χ2n) is 6.62. The van der Waals surface area contributed by atoms with Crippen LogP contribution in [-0.4, -0.2) is 59.5 Å². The minimum Gasteiger partial charge on any atom is -0.378 e. The summed E-state index contributed by atoms with van der Waals surface area (Å²) in [7, 11) is 0. The molecule has 1 unspecified atom stereocenters. The maximum atomic E-state index is 5.38. The first-order valence-electron chi connectivity index (χ1n) is 8.91. The van der Waals surface area contributed by atoms with Crippen molar-refractivity contribution >= 4 is 5.95 Å². The van der Waals surface area contributed by atoms with Crippen LogP contribution in [0.2, 0.25) is 0 Å². The zero-order chi connectivity index (χ0) is 16.4. The maximum Gasteiger partial charge on any atom is 0.245 e. The van der Waals surface area contributed by atoms with Gasteiger partial charge in [-0.15, -0.1) is 5.10 Å². The number of H-pyrrole nitrogens is 1. The second-order valence-corrected chi connectivity index (χ2v) is 6.62. The lowest BCUT2D eigenvalue weighted by atomic mass is 10.0. The van der Waals surface area contributed by atoms with E-state index in [1.54, 1.807) is 0 Å². The van der Waals surface area contributed by atoms with Gasteiger partial charge >= 0.3 is 0 Å². The molecule has 1 atom stereocenters. The highest BCUT2D eigenvalue weighted by Crippen LogP contribution is 2.26. The van der Waals surface area contributed by atoms with E-state index in [0.29, 0.717) is 6.04 Å². The van der Waals surface area contributed by atoms with E-state index in [9.17, 15) is 0 Å². The number of aromatic nitrogens is 3. The minimum absolute atomic E-state index is 0.486. The average molecular weight is 327 g/mol. The fourth-order valence-corrected chi connectivity index (χ4v) is 3.55. The molecule has 2 saturated heterocycles. The molecule has 24 heavy (non-hydrogen) atoms. The third-order valence-corrected chi connectivity index (χ3v) is 5.12. The maximum absolute atomic E-state index is 5.38. The summed E-state index contributed by atoms with van der Waals surface area (Å²) in [5, 5.41) is 7.43. The lowest BCUT2D eigenvalue weighted by Crippen LogP contribution is -2.36. The van der Waals surface area contributed by atoms with Crippen molar-refractivity contribution in [3.05, 3.63) is 29.8 Å². The van der Waals surface area contributed by atoms with Crippen LogP contribution < -0.4 is 4.90 Å². The summed E-state index contributed by atoms with van der Waals surface area (Å²) in [5.41, 5.74) is 2.45. The van der Waals surface area contributed by atoms with Crippen molar-refractivity contribution in [2.45, 2.75) is 25.8 Å². The number of hydrogen-bond acceptors (Lipinski definition) is 5. The van der Waals surface area contributed by atoms with Crippen LogP contribution in [0.25, 0.3) is 11.4 Å². The molecule has 6 heteroatoms. The van der Waals surface area contributed by atoms with Gasteiger partial charge in [0.25, 0.3) is 0 Å². The molecule has 2 aromatic rings. The second kappa shape index (κ2) is 6.91. The van der Waals surface area contributed by atoms with E-state index in [2.05, 4.69) is 56.2 Å². The first-order chi connectivity index (χ1) is 11.8. The van der Waals surface area contributed by atoms with Crippen molar-refractivity contribution in [1.82, 2.24) is 20.1 Å². The Morgan fingerprint density at radius 1 is 1.04 bits per heavy atom. The molecule has 0 radical (unpaired) electrons. The van der Waals surface area contributed by atoms with Gasteiger partial charge in [-0.3, -0.25) is 10.00 Å². The van der Waals surface area contributed by atoms with Gasteiger partial charge in [0, 0.05) is 24.7 Å². The molecule has 6 nitrogen and oxygen atoms in total. The van der Waals surface area contributed by atoms with Gasteiger partial charge in [0.2, 0.25) is 5.95 Å². The number of likely N-dealkylation sites (tertiary alicyclic amines) is 1. The number of hydrogen-bond donors (Lipinski definition) is 1. The molecule has 0 aliphatic carbocycles. The van der Waals surface area contributed by atoms with Crippen molar-refractivity contribution in [3.63, 3.8) is 0 Å². The Morgan fingerprint density at radius 2 is 1.75 bits per heavy atom. The largest absolute Gasteiger partial charge is 0.378 e. The van der Waals surface area contributed by atoms with Crippen LogP contribution in [0.5, 0.6) is 0 Å². The van der Waals surface area contributed by atoms with Crippen LogP contribution in [0, 0.1) is 0 Å². The zero-order valence-electron chi connectivity index (χ0n) is 14.2. The molecule has 0 bridgehead atoms. The van der Waals surface area contributed by atoms with Crippen molar-refractivity contribution in [1.29, 1.82) is 0 Å². The highest BCUT2D eigenvalue weighted by molar-refractivity contribution is 5.57. The molecule has 2 aliphatic rings. The average Bonchev–Trinajstić information content (AvgIpc) is 3.34. The van der Waals surface area contributed by atoms with Crippen molar-refractivity contribution in [3.8, 4) is 11.4 Å². The van der Waals surface area contributed by atoms with Crippen molar-refractivity contribution in [2.24, 2.45) is 0 Å². The number of anilines is 1. The van der Waals surface area contributed by atoms with E-state index >= 15 is 0 Å². The smallest absolute Gasteiger partial charge is 0.245 e. The Balaban J connectivity index is 1.47. The van der Waals surface area contributed by atoms with Gasteiger partial charge in [-0.25, -0.2) is 0 Å². The molecule has 3 heterocycles. The number of ether oxygens (including phenoxy) is 1. The SMILES string of the molecule is CC(c1ccc(-c2nc(N3CCOCC3)n[nH]2)cc1)N1CCCC1. The Bertz CT molecular complexity index is 656. The first kappa shape index (κ1) is 15.6. The highest BCUT2D eigenvalue weighted by atomic mass is 16.5. The van der Waals surface area contributed by atoms with Gasteiger partial charge in [0.05, 0.1) is 13.2 Å². The molecule has 2 aliphatic heterocycles. The fourth-order valence-electron chi connectivity index (χ4n) is 3.55. The number of benzene rings is 1. The summed E-state index contributed by atoms with van der Waals surface area (Å²) in [5.74, 6) is 1.60. The Morgan fingerprint density at radius 3 is 2.46 bits per heavy atom. The lowest BCUT2D eigenvalue weighted by molar-refractivity contribution is 0.122. The third kappa shape index (κ3) is 3.16. The molecule has 128 valence electrons. The molecule has 0 spiro atoms. The fraction of sp³-hybridized carbons (Fsp3) is 0.556. The van der Waals surface area contributed by atoms with Crippen LogP contribution in [0.15, 0.2) is 24.3 Å². The van der Waals surface area contributed by atoms with Gasteiger partial charge in [-0.1, -0.05) is 24.3 Å². The van der Waals surface area contributed by atoms with Gasteiger partial charge in [0.1, 0.15) is 0 Å². The summed E-state index contributed by atoms with van der Waals surface area (Å²) in [6.07, 6.45) is 2.65. The molecule has 4 rings (SSSR count). The molecule has 1 aromatic heterocycles. The van der Waals surface area contributed by atoms with E-state index in [1.807, 2.05) is 0 Å². The van der Waals surface area contributed by atoms with Gasteiger partial charge in [0.15, 0.2) is 5.82 Å². The van der Waals surface area contributed by atoms with Crippen LogP contribution >= 0.6 is 0 Å². The number of morpholine rings is 1. The predicted molar refractivity (Wildman–Crippen MR) is 94.1 cm³/mol. The molecular weight excluding hydrogens is 302 g/mol. The van der Waals surface area contributed by atoms with Crippen LogP contribution in [-0.2, 0) is 4.74 Å². The number of nitrogens with one attached hydrogen (secondary N) is 1. The van der Waals surface area contributed by atoms with E-state index in [-0.39, 0.29) is 0 Å². The Labute approximate surface area is 142 Å². The first-order valence-corrected chi connectivity index (χ1v) is 8.91. The van der Waals surface area contributed by atoms with Crippen LogP contribution in [0.1, 0.15) is 31.4 Å². The number of nitrogens with zero attached hydrogens (tertiary/aromatic N) is 4. The molecule has 2 fully saturated rings. The number of aromatic amines is 1. The molecule has 0 saturated carbocycles. The number of rotatable bonds is 4. The summed E-state index contributed by atoms with van der Waals surface area (Å²) in [6, 6.07) is 9.21. The van der Waals surface area contributed by atoms with E-state index < -0.39 is 0 Å². The summed E-state index contributed by atoms with van der Waals surface area (Å²) < 4.78 is 5.38. The van der Waals surface area contributed by atoms with Gasteiger partial charge in [-0.2, -0.15) is 4.98 Å². The van der Waals surface area contributed by atoms with E-state index in [1.165, 1.54) is 31.5 Å². The van der Waals surface area contributed by atoms with Crippen molar-refractivity contribution < 1.29 is 4.74 Å². The quantitative estimate of drug-likeness (QED) is 0.935. The summed E-state index contributed by atoms with van der Waals surface area (Å²) in [4.78, 5) is 9.37. The monoisotopic (exact) mass is 327 g/mol. The summed E-state index contributed by atoms with van der Waals surface area (Å²) >= 11 is 0. The Hall–Kier alpha value is -1.92. The zero-order valence-corrected chi connectivity index (χ0v) is 14.2. The van der Waals surface area contributed by atoms with Gasteiger partial charge in [-0.05, 0) is 38.4 Å². The van der Waals surface area contributed by atoms with E-state index in [4.69, 9.17) is 4.74 Å². The molecule has 0 amide bonds. The highest BCUT2D eigenvalue weighted by Gasteiger charge is 2.20. The summed E-state index contributed by atoms with van der Waals surface area (Å²) in [6.45, 7) is 7.92. The minimum atomic E-state index is 0.486. The molecule has 1 N–H and O–H groups in total. The van der Waals surface area contributed by atoms with Crippen LogP contribution in [0.4, 0.5) is 5.95 Å². The standard InChI is InChI=1S/C18H25N5O/c1-14(22-8-2-3-9-22)15-4-6-16(7-5-15)17-19-18(21-20-17)23-10-12-24-13-11-23/h4-7,14H,2-3,8-13H2,1H3,(H,19,20,21). The third-order valence-electron chi connectivity index (χ3n) is 5.12. The van der Waals surface area contributed by atoms with Crippen molar-refractivity contribution in [2.75, 3.05) is 44.3 Å². The Kier molecular flexibility index (Phi) is 4.49.